The summed E-state index contributed by atoms with van der Waals surface area (Å²) in [5.41, 5.74) is 1.68. The molecule has 0 atom stereocenters. The number of carbonyl (C=O) groups excluding carboxylic acids is 1. The number of hydrogen-bond donors (Lipinski definition) is 1. The number of hydrogen-bond acceptors (Lipinski definition) is 5. The van der Waals surface area contributed by atoms with E-state index in [2.05, 4.69) is 10.1 Å². The molecule has 0 radical (unpaired) electrons. The number of halogens is 2. The summed E-state index contributed by atoms with van der Waals surface area (Å²) in [6, 6.07) is 6.72. The van der Waals surface area contributed by atoms with E-state index in [9.17, 15) is 22.0 Å². The van der Waals surface area contributed by atoms with Crippen molar-refractivity contribution in [1.82, 2.24) is 4.31 Å². The van der Waals surface area contributed by atoms with Crippen molar-refractivity contribution in [3.63, 3.8) is 0 Å². The number of amides is 1. The Kier molecular flexibility index (Phi) is 6.81. The number of rotatable bonds is 7. The fourth-order valence-electron chi connectivity index (χ4n) is 2.52. The van der Waals surface area contributed by atoms with Gasteiger partial charge in [0.1, 0.15) is 0 Å². The number of nitrogens with one attached hydrogen (secondary N) is 1. The molecule has 29 heavy (non-hydrogen) atoms. The number of ether oxygens (including phenoxy) is 2. The number of carbonyl (C=O) groups is 1. The van der Waals surface area contributed by atoms with E-state index in [-0.39, 0.29) is 22.0 Å². The fraction of sp³-hybridized carbons (Fsp3) is 0.316. The third kappa shape index (κ3) is 5.01. The average Bonchev–Trinajstić information content (AvgIpc) is 2.64. The van der Waals surface area contributed by atoms with Crippen molar-refractivity contribution < 1.29 is 31.5 Å². The Bertz CT molecular complexity index is 1020. The summed E-state index contributed by atoms with van der Waals surface area (Å²) in [5.74, 6) is -0.853. The lowest BCUT2D eigenvalue weighted by Crippen LogP contribution is -2.23. The summed E-state index contributed by atoms with van der Waals surface area (Å²) in [5, 5.41) is 2.63. The average molecular weight is 428 g/mol. The monoisotopic (exact) mass is 428 g/mol. The minimum absolute atomic E-state index is 0.0253. The maximum Gasteiger partial charge on any atom is 0.387 e. The lowest BCUT2D eigenvalue weighted by molar-refractivity contribution is -0.0512. The highest BCUT2D eigenvalue weighted by atomic mass is 32.2. The molecule has 0 bridgehead atoms. The predicted octanol–water partition coefficient (Wildman–Crippen LogP) is 3.42. The van der Waals surface area contributed by atoms with Gasteiger partial charge < -0.3 is 14.8 Å². The Morgan fingerprint density at radius 3 is 2.31 bits per heavy atom. The number of nitrogens with zero attached hydrogens (tertiary/aromatic N) is 1. The predicted molar refractivity (Wildman–Crippen MR) is 104 cm³/mol. The van der Waals surface area contributed by atoms with Crippen LogP contribution < -0.4 is 14.8 Å². The normalized spacial score (nSPS) is 11.6. The Hall–Kier alpha value is -2.72. The van der Waals surface area contributed by atoms with Crippen molar-refractivity contribution in [3.8, 4) is 11.5 Å². The van der Waals surface area contributed by atoms with E-state index in [1.807, 2.05) is 0 Å². The smallest absolute Gasteiger partial charge is 0.387 e. The van der Waals surface area contributed by atoms with Crippen LogP contribution >= 0.6 is 0 Å². The summed E-state index contributed by atoms with van der Waals surface area (Å²) < 4.78 is 60.5. The second kappa shape index (κ2) is 8.75. The van der Waals surface area contributed by atoms with Crippen molar-refractivity contribution in [2.75, 3.05) is 26.5 Å². The lowest BCUT2D eigenvalue weighted by atomic mass is 10.1. The molecule has 1 amide bonds. The van der Waals surface area contributed by atoms with Crippen molar-refractivity contribution >= 4 is 21.6 Å². The van der Waals surface area contributed by atoms with E-state index in [1.165, 1.54) is 45.5 Å². The largest absolute Gasteiger partial charge is 0.493 e. The molecule has 158 valence electrons. The number of anilines is 1. The Morgan fingerprint density at radius 1 is 1.10 bits per heavy atom. The van der Waals surface area contributed by atoms with Gasteiger partial charge >= 0.3 is 6.61 Å². The molecule has 2 aromatic carbocycles. The first-order chi connectivity index (χ1) is 13.5. The number of aryl methyl sites for hydroxylation is 1. The van der Waals surface area contributed by atoms with Crippen LogP contribution in [0.2, 0.25) is 0 Å². The number of sulfonamides is 1. The first kappa shape index (κ1) is 22.6. The van der Waals surface area contributed by atoms with Crippen molar-refractivity contribution in [3.05, 3.63) is 47.0 Å². The molecule has 0 aliphatic heterocycles. The molecular weight excluding hydrogens is 406 g/mol. The van der Waals surface area contributed by atoms with Crippen LogP contribution in [-0.2, 0) is 10.0 Å². The van der Waals surface area contributed by atoms with Gasteiger partial charge in [0.25, 0.3) is 5.91 Å². The number of methoxy groups -OCH3 is 1. The van der Waals surface area contributed by atoms with E-state index >= 15 is 0 Å². The molecular formula is C19H22F2N2O5S. The zero-order valence-corrected chi connectivity index (χ0v) is 17.4. The molecule has 7 nitrogen and oxygen atoms in total. The van der Waals surface area contributed by atoms with E-state index in [0.717, 1.165) is 10.4 Å². The molecule has 1 N–H and O–H groups in total. The molecule has 0 heterocycles. The summed E-state index contributed by atoms with van der Waals surface area (Å²) in [7, 11) is 0.397. The summed E-state index contributed by atoms with van der Waals surface area (Å²) in [4.78, 5) is 12.7. The Balaban J connectivity index is 2.42. The Morgan fingerprint density at radius 2 is 1.76 bits per heavy atom. The van der Waals surface area contributed by atoms with Crippen LogP contribution in [0.4, 0.5) is 14.5 Å². The minimum atomic E-state index is -3.71. The molecule has 0 saturated carbocycles. The highest BCUT2D eigenvalue weighted by Crippen LogP contribution is 2.31. The molecule has 0 saturated heterocycles. The summed E-state index contributed by atoms with van der Waals surface area (Å²) in [6.07, 6.45) is 0. The summed E-state index contributed by atoms with van der Waals surface area (Å²) in [6.45, 7) is 0.373. The second-order valence-electron chi connectivity index (χ2n) is 6.40. The zero-order valence-electron chi connectivity index (χ0n) is 16.6. The molecule has 10 heteroatoms. The first-order valence-corrected chi connectivity index (χ1v) is 9.89. The first-order valence-electron chi connectivity index (χ1n) is 8.45. The topological polar surface area (TPSA) is 84.9 Å². The van der Waals surface area contributed by atoms with Gasteiger partial charge in [-0.2, -0.15) is 8.78 Å². The van der Waals surface area contributed by atoms with Crippen LogP contribution in [0.5, 0.6) is 11.5 Å². The molecule has 0 aromatic heterocycles. The lowest BCUT2D eigenvalue weighted by Gasteiger charge is -2.17. The zero-order chi connectivity index (χ0) is 21.9. The molecule has 2 aromatic rings. The molecule has 0 aliphatic carbocycles. The van der Waals surface area contributed by atoms with Crippen LogP contribution in [0.15, 0.2) is 35.2 Å². The SMILES string of the molecule is COc1ccc(C(=O)Nc2cc(S(=O)(=O)N(C)C)cc(C)c2C)cc1OC(F)F. The van der Waals surface area contributed by atoms with Gasteiger partial charge in [0.2, 0.25) is 10.0 Å². The number of alkyl halides is 2. The van der Waals surface area contributed by atoms with E-state index < -0.39 is 22.5 Å². The van der Waals surface area contributed by atoms with Gasteiger partial charge in [-0.05, 0) is 55.3 Å². The van der Waals surface area contributed by atoms with Gasteiger partial charge in [0, 0.05) is 25.3 Å². The summed E-state index contributed by atoms with van der Waals surface area (Å²) >= 11 is 0. The van der Waals surface area contributed by atoms with Crippen molar-refractivity contribution in [2.24, 2.45) is 0 Å². The van der Waals surface area contributed by atoms with Gasteiger partial charge in [0.15, 0.2) is 11.5 Å². The minimum Gasteiger partial charge on any atom is -0.493 e. The van der Waals surface area contributed by atoms with Gasteiger partial charge in [-0.1, -0.05) is 0 Å². The van der Waals surface area contributed by atoms with Gasteiger partial charge in [-0.25, -0.2) is 12.7 Å². The standard InChI is InChI=1S/C19H22F2N2O5S/c1-11-8-14(29(25,26)23(3)4)10-15(12(11)2)22-18(24)13-6-7-16(27-5)17(9-13)28-19(20)21/h6-10,19H,1-5H3,(H,22,24). The van der Waals surface area contributed by atoms with Crippen LogP contribution in [0.3, 0.4) is 0 Å². The third-order valence-electron chi connectivity index (χ3n) is 4.31. The van der Waals surface area contributed by atoms with Crippen LogP contribution in [-0.4, -0.2) is 46.4 Å². The molecule has 2 rings (SSSR count). The van der Waals surface area contributed by atoms with E-state index in [1.54, 1.807) is 13.8 Å². The van der Waals surface area contributed by atoms with Crippen LogP contribution in [0.25, 0.3) is 0 Å². The number of benzene rings is 2. The second-order valence-corrected chi connectivity index (χ2v) is 8.55. The highest BCUT2D eigenvalue weighted by Gasteiger charge is 2.21. The maximum atomic E-state index is 12.7. The Labute approximate surface area is 168 Å². The van der Waals surface area contributed by atoms with Gasteiger partial charge in [0.05, 0.1) is 12.0 Å². The third-order valence-corrected chi connectivity index (χ3v) is 6.10. The molecule has 0 fully saturated rings. The maximum absolute atomic E-state index is 12.7. The molecule has 0 unspecified atom stereocenters. The molecule has 0 aliphatic rings. The van der Waals surface area contributed by atoms with Crippen molar-refractivity contribution in [2.45, 2.75) is 25.4 Å². The van der Waals surface area contributed by atoms with E-state index in [0.29, 0.717) is 16.8 Å². The van der Waals surface area contributed by atoms with Crippen LogP contribution in [0, 0.1) is 13.8 Å². The van der Waals surface area contributed by atoms with Gasteiger partial charge in [-0.3, -0.25) is 4.79 Å². The van der Waals surface area contributed by atoms with Gasteiger partial charge in [-0.15, -0.1) is 0 Å². The molecule has 0 spiro atoms. The van der Waals surface area contributed by atoms with Crippen molar-refractivity contribution in [1.29, 1.82) is 0 Å². The highest BCUT2D eigenvalue weighted by molar-refractivity contribution is 7.89. The van der Waals surface area contributed by atoms with E-state index in [4.69, 9.17) is 4.74 Å². The quantitative estimate of drug-likeness (QED) is 0.731. The fourth-order valence-corrected chi connectivity index (χ4v) is 3.53. The van der Waals surface area contributed by atoms with Crippen LogP contribution in [0.1, 0.15) is 21.5 Å².